The second-order valence-corrected chi connectivity index (χ2v) is 6.86. The summed E-state index contributed by atoms with van der Waals surface area (Å²) in [6, 6.07) is 16.7. The van der Waals surface area contributed by atoms with E-state index in [1.165, 1.54) is 0 Å². The number of aromatic nitrogens is 2. The first-order valence-corrected chi connectivity index (χ1v) is 9.36. The first-order chi connectivity index (χ1) is 13.6. The number of carbonyl (C=O) groups excluding carboxylic acids is 1. The van der Waals surface area contributed by atoms with Crippen molar-refractivity contribution in [2.45, 2.75) is 32.2 Å². The molecule has 0 saturated carbocycles. The van der Waals surface area contributed by atoms with E-state index < -0.39 is 0 Å². The number of rotatable bonds is 6. The molecule has 4 rings (SSSR count). The van der Waals surface area contributed by atoms with Gasteiger partial charge in [0.2, 0.25) is 5.91 Å². The molecule has 1 amide bonds. The average molecular weight is 375 g/mol. The maximum Gasteiger partial charge on any atom is 0.258 e. The number of H-pyrrole nitrogens is 1. The monoisotopic (exact) mass is 375 g/mol. The van der Waals surface area contributed by atoms with Crippen LogP contribution in [-0.2, 0) is 11.2 Å². The van der Waals surface area contributed by atoms with Crippen LogP contribution in [0.5, 0.6) is 0 Å². The van der Waals surface area contributed by atoms with E-state index in [1.54, 1.807) is 6.07 Å². The maximum absolute atomic E-state index is 12.3. The molecular weight excluding hydrogens is 354 g/mol. The van der Waals surface area contributed by atoms with E-state index in [-0.39, 0.29) is 17.5 Å². The van der Waals surface area contributed by atoms with Crippen molar-refractivity contribution in [1.29, 1.82) is 0 Å². The topological polar surface area (TPSA) is 88.0 Å². The lowest BCUT2D eigenvalue weighted by molar-refractivity contribution is -0.121. The van der Waals surface area contributed by atoms with E-state index in [2.05, 4.69) is 15.3 Å². The number of nitrogens with zero attached hydrogens (tertiary/aromatic N) is 1. The fraction of sp³-hybridized carbons (Fsp3) is 0.227. The summed E-state index contributed by atoms with van der Waals surface area (Å²) in [4.78, 5) is 31.6. The number of benzene rings is 2. The van der Waals surface area contributed by atoms with Gasteiger partial charge in [-0.15, -0.1) is 0 Å². The van der Waals surface area contributed by atoms with Crippen LogP contribution >= 0.6 is 0 Å². The zero-order valence-corrected chi connectivity index (χ0v) is 15.6. The molecule has 2 aromatic heterocycles. The van der Waals surface area contributed by atoms with Gasteiger partial charge in [0.15, 0.2) is 0 Å². The SMILES string of the molecule is CC(NC(=O)CCCc1nc2ccccc2c(=O)[nH]1)c1cc2ccccc2o1. The molecule has 2 N–H and O–H groups in total. The molecule has 0 radical (unpaired) electrons. The Morgan fingerprint density at radius 2 is 1.96 bits per heavy atom. The van der Waals surface area contributed by atoms with Gasteiger partial charge >= 0.3 is 0 Å². The number of furan rings is 1. The quantitative estimate of drug-likeness (QED) is 0.535. The van der Waals surface area contributed by atoms with Gasteiger partial charge in [0.25, 0.3) is 5.56 Å². The molecule has 0 fully saturated rings. The van der Waals surface area contributed by atoms with Crippen LogP contribution in [0.2, 0.25) is 0 Å². The molecule has 28 heavy (non-hydrogen) atoms. The minimum atomic E-state index is -0.210. The standard InChI is InChI=1S/C22H21N3O3/c1-14(19-13-15-7-2-5-10-18(15)28-19)23-21(26)12-6-11-20-24-17-9-4-3-8-16(17)22(27)25-20/h2-5,7-10,13-14H,6,11-12H2,1H3,(H,23,26)(H,24,25,27). The number of hydrogen-bond donors (Lipinski definition) is 2. The lowest BCUT2D eigenvalue weighted by Gasteiger charge is -2.11. The van der Waals surface area contributed by atoms with Crippen molar-refractivity contribution >= 4 is 27.8 Å². The summed E-state index contributed by atoms with van der Waals surface area (Å²) >= 11 is 0. The molecule has 1 unspecified atom stereocenters. The van der Waals surface area contributed by atoms with Crippen molar-refractivity contribution in [3.8, 4) is 0 Å². The third-order valence-corrected chi connectivity index (χ3v) is 4.73. The van der Waals surface area contributed by atoms with E-state index >= 15 is 0 Å². The summed E-state index contributed by atoms with van der Waals surface area (Å²) in [5.41, 5.74) is 1.33. The number of hydrogen-bond acceptors (Lipinski definition) is 4. The summed E-state index contributed by atoms with van der Waals surface area (Å²) in [7, 11) is 0. The summed E-state index contributed by atoms with van der Waals surface area (Å²) in [6.07, 6.45) is 1.48. The average Bonchev–Trinajstić information content (AvgIpc) is 3.12. The van der Waals surface area contributed by atoms with Crippen LogP contribution in [0.4, 0.5) is 0 Å². The molecule has 2 aromatic carbocycles. The number of carbonyl (C=O) groups is 1. The minimum absolute atomic E-state index is 0.0592. The highest BCUT2D eigenvalue weighted by Crippen LogP contribution is 2.23. The van der Waals surface area contributed by atoms with Crippen LogP contribution in [0.15, 0.2) is 63.8 Å². The second-order valence-electron chi connectivity index (χ2n) is 6.86. The Balaban J connectivity index is 1.33. The molecule has 4 aromatic rings. The van der Waals surface area contributed by atoms with E-state index in [4.69, 9.17) is 4.42 Å². The normalized spacial score (nSPS) is 12.3. The second kappa shape index (κ2) is 7.68. The molecule has 0 aliphatic carbocycles. The molecule has 0 bridgehead atoms. The highest BCUT2D eigenvalue weighted by atomic mass is 16.3. The first-order valence-electron chi connectivity index (χ1n) is 9.36. The Labute approximate surface area is 161 Å². The lowest BCUT2D eigenvalue weighted by Crippen LogP contribution is -2.26. The fourth-order valence-electron chi connectivity index (χ4n) is 3.27. The smallest absolute Gasteiger partial charge is 0.258 e. The summed E-state index contributed by atoms with van der Waals surface area (Å²) in [5, 5.41) is 4.55. The van der Waals surface area contributed by atoms with Crippen LogP contribution in [0.25, 0.3) is 21.9 Å². The predicted octanol–water partition coefficient (Wildman–Crippen LogP) is 3.87. The Morgan fingerprint density at radius 1 is 1.18 bits per heavy atom. The maximum atomic E-state index is 12.3. The van der Waals surface area contributed by atoms with Gasteiger partial charge in [-0.05, 0) is 37.6 Å². The Bertz CT molecular complexity index is 1160. The molecule has 1 atom stereocenters. The van der Waals surface area contributed by atoms with E-state index in [1.807, 2.05) is 55.5 Å². The van der Waals surface area contributed by atoms with Crippen LogP contribution in [-0.4, -0.2) is 15.9 Å². The molecular formula is C22H21N3O3. The molecule has 0 saturated heterocycles. The number of aromatic amines is 1. The van der Waals surface area contributed by atoms with Crippen LogP contribution in [0, 0.1) is 0 Å². The molecule has 0 aliphatic heterocycles. The van der Waals surface area contributed by atoms with Crippen LogP contribution in [0.3, 0.4) is 0 Å². The zero-order chi connectivity index (χ0) is 19.5. The number of aryl methyl sites for hydroxylation is 1. The predicted molar refractivity (Wildman–Crippen MR) is 108 cm³/mol. The summed E-state index contributed by atoms with van der Waals surface area (Å²) in [5.74, 6) is 1.27. The van der Waals surface area contributed by atoms with Crippen LogP contribution in [0.1, 0.15) is 37.4 Å². The molecule has 2 heterocycles. The molecule has 142 valence electrons. The molecule has 0 aliphatic rings. The number of nitrogens with one attached hydrogen (secondary N) is 2. The zero-order valence-electron chi connectivity index (χ0n) is 15.6. The Kier molecular flexibility index (Phi) is 4.93. The third kappa shape index (κ3) is 3.81. The number of para-hydroxylation sites is 2. The van der Waals surface area contributed by atoms with Gasteiger partial charge in [-0.1, -0.05) is 30.3 Å². The molecule has 6 heteroatoms. The van der Waals surface area contributed by atoms with Gasteiger partial charge in [0.05, 0.1) is 16.9 Å². The first kappa shape index (κ1) is 18.0. The lowest BCUT2D eigenvalue weighted by atomic mass is 10.2. The van der Waals surface area contributed by atoms with Gasteiger partial charge in [-0.2, -0.15) is 0 Å². The van der Waals surface area contributed by atoms with Gasteiger partial charge < -0.3 is 14.7 Å². The van der Waals surface area contributed by atoms with Gasteiger partial charge in [0, 0.05) is 18.2 Å². The third-order valence-electron chi connectivity index (χ3n) is 4.73. The van der Waals surface area contributed by atoms with Gasteiger partial charge in [-0.3, -0.25) is 9.59 Å². The molecule has 0 spiro atoms. The summed E-state index contributed by atoms with van der Waals surface area (Å²) in [6.45, 7) is 1.90. The largest absolute Gasteiger partial charge is 0.459 e. The minimum Gasteiger partial charge on any atom is -0.459 e. The van der Waals surface area contributed by atoms with Crippen molar-refractivity contribution < 1.29 is 9.21 Å². The van der Waals surface area contributed by atoms with E-state index in [0.29, 0.717) is 36.0 Å². The van der Waals surface area contributed by atoms with Crippen molar-refractivity contribution in [1.82, 2.24) is 15.3 Å². The van der Waals surface area contributed by atoms with Crippen molar-refractivity contribution in [2.75, 3.05) is 0 Å². The Hall–Kier alpha value is -3.41. The van der Waals surface area contributed by atoms with Crippen molar-refractivity contribution in [2.24, 2.45) is 0 Å². The van der Waals surface area contributed by atoms with Gasteiger partial charge in [0.1, 0.15) is 17.2 Å². The van der Waals surface area contributed by atoms with E-state index in [0.717, 1.165) is 16.7 Å². The van der Waals surface area contributed by atoms with Gasteiger partial charge in [-0.25, -0.2) is 4.98 Å². The molecule has 6 nitrogen and oxygen atoms in total. The highest BCUT2D eigenvalue weighted by Gasteiger charge is 2.14. The number of fused-ring (bicyclic) bond motifs is 2. The van der Waals surface area contributed by atoms with Crippen molar-refractivity contribution in [3.05, 3.63) is 76.5 Å². The Morgan fingerprint density at radius 3 is 2.82 bits per heavy atom. The fourth-order valence-corrected chi connectivity index (χ4v) is 3.27. The number of amides is 1. The van der Waals surface area contributed by atoms with Crippen molar-refractivity contribution in [3.63, 3.8) is 0 Å². The van der Waals surface area contributed by atoms with E-state index in [9.17, 15) is 9.59 Å². The van der Waals surface area contributed by atoms with Crippen LogP contribution < -0.4 is 10.9 Å². The highest BCUT2D eigenvalue weighted by molar-refractivity contribution is 5.79. The summed E-state index contributed by atoms with van der Waals surface area (Å²) < 4.78 is 5.79.